The van der Waals surface area contributed by atoms with Gasteiger partial charge in [-0.25, -0.2) is 0 Å². The van der Waals surface area contributed by atoms with Gasteiger partial charge in [0.2, 0.25) is 0 Å². The molecule has 1 nitrogen and oxygen atoms in total. The minimum Gasteiger partial charge on any atom is -0.398 e. The van der Waals surface area contributed by atoms with Gasteiger partial charge in [0, 0.05) is 5.69 Å². The first-order valence-electron chi connectivity index (χ1n) is 7.06. The fourth-order valence-corrected chi connectivity index (χ4v) is 3.15. The van der Waals surface area contributed by atoms with Gasteiger partial charge in [-0.2, -0.15) is 0 Å². The summed E-state index contributed by atoms with van der Waals surface area (Å²) in [6.07, 6.45) is 2.51. The molecule has 0 radical (unpaired) electrons. The zero-order chi connectivity index (χ0) is 13.6. The number of aryl methyl sites for hydroxylation is 3. The topological polar surface area (TPSA) is 26.0 Å². The van der Waals surface area contributed by atoms with E-state index in [0.29, 0.717) is 0 Å². The molecule has 98 valence electrons. The standard InChI is InChI=1S/C18H21N/c1-11-4-5-15-10-14(6-7-17(11)15)16-8-12(2)18(19)13(3)9-16/h6-11H,4-5,19H2,1-3H3. The largest absolute Gasteiger partial charge is 0.398 e. The Hall–Kier alpha value is -1.76. The van der Waals surface area contributed by atoms with E-state index in [0.717, 1.165) is 11.6 Å². The van der Waals surface area contributed by atoms with Crippen LogP contribution in [0.5, 0.6) is 0 Å². The molecule has 0 fully saturated rings. The van der Waals surface area contributed by atoms with Crippen LogP contribution in [0.1, 0.15) is 41.5 Å². The van der Waals surface area contributed by atoms with E-state index >= 15 is 0 Å². The maximum Gasteiger partial charge on any atom is 0.0373 e. The third-order valence-corrected chi connectivity index (χ3v) is 4.45. The number of rotatable bonds is 1. The van der Waals surface area contributed by atoms with Crippen LogP contribution in [0.15, 0.2) is 30.3 Å². The number of anilines is 1. The summed E-state index contributed by atoms with van der Waals surface area (Å²) in [7, 11) is 0. The molecule has 19 heavy (non-hydrogen) atoms. The maximum absolute atomic E-state index is 6.04. The Labute approximate surface area is 115 Å². The molecule has 0 amide bonds. The van der Waals surface area contributed by atoms with E-state index in [1.807, 2.05) is 0 Å². The summed E-state index contributed by atoms with van der Waals surface area (Å²) in [6.45, 7) is 6.49. The van der Waals surface area contributed by atoms with E-state index in [9.17, 15) is 0 Å². The lowest BCUT2D eigenvalue weighted by molar-refractivity contribution is 0.747. The molecular formula is C18H21N. The molecule has 1 atom stereocenters. The van der Waals surface area contributed by atoms with Gasteiger partial charge >= 0.3 is 0 Å². The number of fused-ring (bicyclic) bond motifs is 1. The third kappa shape index (κ3) is 2.03. The Bertz CT molecular complexity index is 617. The molecule has 0 aliphatic heterocycles. The third-order valence-electron chi connectivity index (χ3n) is 4.45. The molecular weight excluding hydrogens is 230 g/mol. The second-order valence-electron chi connectivity index (χ2n) is 5.88. The van der Waals surface area contributed by atoms with Crippen LogP contribution in [0.4, 0.5) is 5.69 Å². The van der Waals surface area contributed by atoms with Gasteiger partial charge in [-0.3, -0.25) is 0 Å². The number of nitrogens with two attached hydrogens (primary N) is 1. The van der Waals surface area contributed by atoms with Crippen molar-refractivity contribution in [3.8, 4) is 11.1 Å². The van der Waals surface area contributed by atoms with E-state index < -0.39 is 0 Å². The molecule has 0 saturated heterocycles. The van der Waals surface area contributed by atoms with Gasteiger partial charge in [-0.1, -0.05) is 25.1 Å². The van der Waals surface area contributed by atoms with Crippen LogP contribution in [0.2, 0.25) is 0 Å². The van der Waals surface area contributed by atoms with E-state index in [4.69, 9.17) is 5.73 Å². The minimum atomic E-state index is 0.721. The highest BCUT2D eigenvalue weighted by atomic mass is 14.6. The average Bonchev–Trinajstić information content (AvgIpc) is 2.76. The van der Waals surface area contributed by atoms with Crippen molar-refractivity contribution in [1.29, 1.82) is 0 Å². The highest BCUT2D eigenvalue weighted by Crippen LogP contribution is 2.36. The maximum atomic E-state index is 6.04. The Morgan fingerprint density at radius 1 is 1.00 bits per heavy atom. The van der Waals surface area contributed by atoms with Crippen molar-refractivity contribution < 1.29 is 0 Å². The quantitative estimate of drug-likeness (QED) is 0.736. The monoisotopic (exact) mass is 251 g/mol. The van der Waals surface area contributed by atoms with Crippen LogP contribution in [0.3, 0.4) is 0 Å². The van der Waals surface area contributed by atoms with Gasteiger partial charge in [-0.05, 0) is 78.1 Å². The van der Waals surface area contributed by atoms with Crippen LogP contribution < -0.4 is 5.73 Å². The summed E-state index contributed by atoms with van der Waals surface area (Å²) in [5.74, 6) is 0.721. The van der Waals surface area contributed by atoms with Gasteiger partial charge in [0.15, 0.2) is 0 Å². The van der Waals surface area contributed by atoms with Gasteiger partial charge in [0.05, 0.1) is 0 Å². The van der Waals surface area contributed by atoms with Crippen molar-refractivity contribution in [2.24, 2.45) is 0 Å². The molecule has 0 saturated carbocycles. The average molecular weight is 251 g/mol. The number of benzene rings is 2. The molecule has 0 bridgehead atoms. The fourth-order valence-electron chi connectivity index (χ4n) is 3.15. The molecule has 2 N–H and O–H groups in total. The van der Waals surface area contributed by atoms with Gasteiger partial charge in [0.25, 0.3) is 0 Å². The number of nitrogen functional groups attached to an aromatic ring is 1. The molecule has 1 aliphatic carbocycles. The smallest absolute Gasteiger partial charge is 0.0373 e. The first kappa shape index (κ1) is 12.3. The molecule has 0 heterocycles. The van der Waals surface area contributed by atoms with Gasteiger partial charge in [-0.15, -0.1) is 0 Å². The van der Waals surface area contributed by atoms with Crippen LogP contribution in [-0.4, -0.2) is 0 Å². The van der Waals surface area contributed by atoms with E-state index in [1.54, 1.807) is 0 Å². The Morgan fingerprint density at radius 3 is 2.37 bits per heavy atom. The minimum absolute atomic E-state index is 0.721. The summed E-state index contributed by atoms with van der Waals surface area (Å²) in [4.78, 5) is 0. The highest BCUT2D eigenvalue weighted by molar-refractivity contribution is 5.71. The van der Waals surface area contributed by atoms with Crippen LogP contribution in [0, 0.1) is 13.8 Å². The fraction of sp³-hybridized carbons (Fsp3) is 0.333. The number of hydrogen-bond acceptors (Lipinski definition) is 1. The lowest BCUT2D eigenvalue weighted by atomic mass is 9.95. The molecule has 2 aromatic rings. The number of hydrogen-bond donors (Lipinski definition) is 1. The summed E-state index contributed by atoms with van der Waals surface area (Å²) in [6, 6.07) is 11.3. The van der Waals surface area contributed by atoms with E-state index in [2.05, 4.69) is 51.1 Å². The van der Waals surface area contributed by atoms with Crippen molar-refractivity contribution >= 4 is 5.69 Å². The van der Waals surface area contributed by atoms with Gasteiger partial charge < -0.3 is 5.73 Å². The molecule has 2 aromatic carbocycles. The predicted molar refractivity (Wildman–Crippen MR) is 82.5 cm³/mol. The summed E-state index contributed by atoms with van der Waals surface area (Å²) in [5, 5.41) is 0. The molecule has 1 heteroatoms. The Balaban J connectivity index is 2.08. The predicted octanol–water partition coefficient (Wildman–Crippen LogP) is 4.60. The second-order valence-corrected chi connectivity index (χ2v) is 5.88. The Kier molecular flexibility index (Phi) is 2.85. The first-order valence-corrected chi connectivity index (χ1v) is 7.06. The molecule has 1 aliphatic rings. The van der Waals surface area contributed by atoms with Crippen molar-refractivity contribution in [2.45, 2.75) is 39.5 Å². The summed E-state index contributed by atoms with van der Waals surface area (Å²) >= 11 is 0. The van der Waals surface area contributed by atoms with E-state index in [-0.39, 0.29) is 0 Å². The van der Waals surface area contributed by atoms with Crippen molar-refractivity contribution in [2.75, 3.05) is 5.73 Å². The van der Waals surface area contributed by atoms with Crippen LogP contribution >= 0.6 is 0 Å². The summed E-state index contributed by atoms with van der Waals surface area (Å²) in [5.41, 5.74) is 15.0. The van der Waals surface area contributed by atoms with Gasteiger partial charge in [0.1, 0.15) is 0 Å². The molecule has 3 rings (SSSR count). The SMILES string of the molecule is Cc1cc(-c2ccc3c(c2)CCC3C)cc(C)c1N. The Morgan fingerprint density at radius 2 is 1.68 bits per heavy atom. The zero-order valence-corrected chi connectivity index (χ0v) is 12.0. The van der Waals surface area contributed by atoms with Crippen LogP contribution in [-0.2, 0) is 6.42 Å². The lowest BCUT2D eigenvalue weighted by Gasteiger charge is -2.11. The molecule has 0 aromatic heterocycles. The van der Waals surface area contributed by atoms with Crippen molar-refractivity contribution in [3.05, 3.63) is 52.6 Å². The van der Waals surface area contributed by atoms with Crippen LogP contribution in [0.25, 0.3) is 11.1 Å². The first-order chi connectivity index (χ1) is 9.06. The second kappa shape index (κ2) is 4.41. The normalized spacial score (nSPS) is 17.5. The summed E-state index contributed by atoms with van der Waals surface area (Å²) < 4.78 is 0. The van der Waals surface area contributed by atoms with Crippen molar-refractivity contribution in [3.63, 3.8) is 0 Å². The lowest BCUT2D eigenvalue weighted by Crippen LogP contribution is -1.95. The van der Waals surface area contributed by atoms with Crippen molar-refractivity contribution in [1.82, 2.24) is 0 Å². The molecule has 1 unspecified atom stereocenters. The highest BCUT2D eigenvalue weighted by Gasteiger charge is 2.18. The van der Waals surface area contributed by atoms with E-state index in [1.165, 1.54) is 46.2 Å². The molecule has 0 spiro atoms. The zero-order valence-electron chi connectivity index (χ0n) is 12.0.